The molecule has 1 aliphatic heterocycles. The summed E-state index contributed by atoms with van der Waals surface area (Å²) in [5, 5.41) is 2.97. The summed E-state index contributed by atoms with van der Waals surface area (Å²) in [6.45, 7) is 0.494. The highest BCUT2D eigenvalue weighted by Gasteiger charge is 2.29. The first-order valence-electron chi connectivity index (χ1n) is 8.25. The smallest absolute Gasteiger partial charge is 0.238 e. The molecule has 0 bridgehead atoms. The third-order valence-electron chi connectivity index (χ3n) is 4.36. The van der Waals surface area contributed by atoms with Crippen LogP contribution in [0.2, 0.25) is 0 Å². The van der Waals surface area contributed by atoms with E-state index in [1.807, 2.05) is 48.5 Å². The highest BCUT2D eigenvalue weighted by Crippen LogP contribution is 2.24. The van der Waals surface area contributed by atoms with Crippen LogP contribution in [0.1, 0.15) is 23.6 Å². The number of methoxy groups -OCH3 is 2. The number of amides is 1. The van der Waals surface area contributed by atoms with Crippen molar-refractivity contribution in [2.75, 3.05) is 14.2 Å². The lowest BCUT2D eigenvalue weighted by molar-refractivity contribution is -0.123. The lowest BCUT2D eigenvalue weighted by Gasteiger charge is -2.11. The molecule has 1 fully saturated rings. The second-order valence-corrected chi connectivity index (χ2v) is 5.97. The molecule has 1 aliphatic rings. The number of rotatable bonds is 6. The molecule has 25 heavy (non-hydrogen) atoms. The minimum absolute atomic E-state index is 0.0145. The van der Waals surface area contributed by atoms with E-state index in [1.165, 1.54) is 0 Å². The van der Waals surface area contributed by atoms with Gasteiger partial charge in [0.25, 0.3) is 0 Å². The summed E-state index contributed by atoms with van der Waals surface area (Å²) in [4.78, 5) is 12.4. The van der Waals surface area contributed by atoms with Crippen molar-refractivity contribution in [3.63, 3.8) is 0 Å². The van der Waals surface area contributed by atoms with E-state index in [0.717, 1.165) is 22.6 Å². The number of nitrogens with one attached hydrogen (secondary N) is 3. The zero-order valence-corrected chi connectivity index (χ0v) is 14.4. The van der Waals surface area contributed by atoms with Crippen LogP contribution in [0, 0.1) is 0 Å². The van der Waals surface area contributed by atoms with Gasteiger partial charge in [-0.05, 0) is 41.8 Å². The van der Waals surface area contributed by atoms with Gasteiger partial charge >= 0.3 is 0 Å². The Morgan fingerprint density at radius 1 is 1.00 bits per heavy atom. The lowest BCUT2D eigenvalue weighted by atomic mass is 10.0. The Morgan fingerprint density at radius 3 is 2.20 bits per heavy atom. The molecule has 3 rings (SSSR count). The summed E-state index contributed by atoms with van der Waals surface area (Å²) in [6, 6.07) is 15.4. The summed E-state index contributed by atoms with van der Waals surface area (Å²) in [5.41, 5.74) is 8.42. The third kappa shape index (κ3) is 4.29. The minimum Gasteiger partial charge on any atom is -0.497 e. The van der Waals surface area contributed by atoms with Crippen molar-refractivity contribution in [1.82, 2.24) is 16.2 Å². The molecule has 0 saturated carbocycles. The Hall–Kier alpha value is -2.57. The van der Waals surface area contributed by atoms with Gasteiger partial charge in [-0.1, -0.05) is 24.3 Å². The Bertz CT molecular complexity index is 701. The van der Waals surface area contributed by atoms with Crippen molar-refractivity contribution >= 4 is 5.91 Å². The van der Waals surface area contributed by atoms with Crippen LogP contribution >= 0.6 is 0 Å². The molecule has 1 amide bonds. The maximum Gasteiger partial charge on any atom is 0.238 e. The Kier molecular flexibility index (Phi) is 5.53. The number of hydrogen-bond acceptors (Lipinski definition) is 5. The molecular formula is C19H23N3O3. The fourth-order valence-corrected chi connectivity index (χ4v) is 2.84. The third-order valence-corrected chi connectivity index (χ3v) is 4.36. The molecule has 2 aromatic carbocycles. The predicted octanol–water partition coefficient (Wildman–Crippen LogP) is 1.93. The monoisotopic (exact) mass is 341 g/mol. The first-order chi connectivity index (χ1) is 12.2. The van der Waals surface area contributed by atoms with Crippen LogP contribution in [0.3, 0.4) is 0 Å². The molecule has 2 aromatic rings. The summed E-state index contributed by atoms with van der Waals surface area (Å²) >= 11 is 0. The van der Waals surface area contributed by atoms with Crippen LogP contribution < -0.4 is 25.6 Å². The summed E-state index contributed by atoms with van der Waals surface area (Å²) < 4.78 is 10.3. The van der Waals surface area contributed by atoms with Gasteiger partial charge in [0.05, 0.1) is 14.2 Å². The average Bonchev–Trinajstić information content (AvgIpc) is 3.17. The van der Waals surface area contributed by atoms with E-state index in [2.05, 4.69) is 16.2 Å². The lowest BCUT2D eigenvalue weighted by Crippen LogP contribution is -2.42. The van der Waals surface area contributed by atoms with E-state index < -0.39 is 0 Å². The Labute approximate surface area is 147 Å². The van der Waals surface area contributed by atoms with Crippen LogP contribution in [0.5, 0.6) is 11.5 Å². The van der Waals surface area contributed by atoms with E-state index in [1.54, 1.807) is 14.2 Å². The van der Waals surface area contributed by atoms with Gasteiger partial charge in [0, 0.05) is 12.6 Å². The number of carbonyl (C=O) groups excluding carboxylic acids is 1. The molecule has 1 heterocycles. The SMILES string of the molecule is COc1ccc(CNC(=O)C2CC(c3ccc(OC)cc3)NN2)cc1. The highest BCUT2D eigenvalue weighted by atomic mass is 16.5. The summed E-state index contributed by atoms with van der Waals surface area (Å²) in [5.74, 6) is 1.61. The molecule has 2 atom stereocenters. The van der Waals surface area contributed by atoms with E-state index in [4.69, 9.17) is 9.47 Å². The van der Waals surface area contributed by atoms with Crippen molar-refractivity contribution in [3.05, 3.63) is 59.7 Å². The van der Waals surface area contributed by atoms with Crippen molar-refractivity contribution in [3.8, 4) is 11.5 Å². The average molecular weight is 341 g/mol. The number of hydrogen-bond donors (Lipinski definition) is 3. The van der Waals surface area contributed by atoms with Crippen LogP contribution in [0.4, 0.5) is 0 Å². The number of ether oxygens (including phenoxy) is 2. The normalized spacial score (nSPS) is 19.4. The van der Waals surface area contributed by atoms with Gasteiger partial charge in [-0.15, -0.1) is 0 Å². The zero-order chi connectivity index (χ0) is 17.6. The highest BCUT2D eigenvalue weighted by molar-refractivity contribution is 5.82. The molecule has 6 heteroatoms. The van der Waals surface area contributed by atoms with Gasteiger partial charge in [-0.25, -0.2) is 10.9 Å². The fourth-order valence-electron chi connectivity index (χ4n) is 2.84. The van der Waals surface area contributed by atoms with E-state index in [-0.39, 0.29) is 18.0 Å². The number of carbonyl (C=O) groups is 1. The molecule has 2 unspecified atom stereocenters. The van der Waals surface area contributed by atoms with Gasteiger partial charge in [-0.2, -0.15) is 0 Å². The van der Waals surface area contributed by atoms with Crippen LogP contribution in [-0.4, -0.2) is 26.2 Å². The molecule has 6 nitrogen and oxygen atoms in total. The molecule has 1 saturated heterocycles. The molecule has 3 N–H and O–H groups in total. The van der Waals surface area contributed by atoms with Crippen molar-refractivity contribution in [2.45, 2.75) is 25.0 Å². The zero-order valence-electron chi connectivity index (χ0n) is 14.4. The summed E-state index contributed by atoms with van der Waals surface area (Å²) in [7, 11) is 3.28. The molecule has 0 aliphatic carbocycles. The van der Waals surface area contributed by atoms with Gasteiger partial charge < -0.3 is 14.8 Å². The first-order valence-corrected chi connectivity index (χ1v) is 8.25. The quantitative estimate of drug-likeness (QED) is 0.749. The molecule has 0 radical (unpaired) electrons. The minimum atomic E-state index is -0.259. The summed E-state index contributed by atoms with van der Waals surface area (Å²) in [6.07, 6.45) is 0.695. The van der Waals surface area contributed by atoms with Gasteiger partial charge in [0.2, 0.25) is 5.91 Å². The second-order valence-electron chi connectivity index (χ2n) is 5.97. The maximum absolute atomic E-state index is 12.4. The van der Waals surface area contributed by atoms with E-state index in [0.29, 0.717) is 13.0 Å². The molecule has 0 aromatic heterocycles. The van der Waals surface area contributed by atoms with Crippen molar-refractivity contribution < 1.29 is 14.3 Å². The largest absolute Gasteiger partial charge is 0.497 e. The molecular weight excluding hydrogens is 318 g/mol. The Balaban J connectivity index is 1.51. The van der Waals surface area contributed by atoms with E-state index in [9.17, 15) is 4.79 Å². The topological polar surface area (TPSA) is 71.6 Å². The van der Waals surface area contributed by atoms with Crippen molar-refractivity contribution in [1.29, 1.82) is 0 Å². The van der Waals surface area contributed by atoms with Gasteiger partial charge in [0.1, 0.15) is 17.5 Å². The standard InChI is InChI=1S/C19H23N3O3/c1-24-15-7-3-13(4-8-15)12-20-19(23)18-11-17(21-22-18)14-5-9-16(25-2)10-6-14/h3-10,17-18,21-22H,11-12H2,1-2H3,(H,20,23). The molecule has 132 valence electrons. The van der Waals surface area contributed by atoms with Crippen LogP contribution in [0.15, 0.2) is 48.5 Å². The van der Waals surface area contributed by atoms with E-state index >= 15 is 0 Å². The fraction of sp³-hybridized carbons (Fsp3) is 0.316. The van der Waals surface area contributed by atoms with Crippen LogP contribution in [-0.2, 0) is 11.3 Å². The predicted molar refractivity (Wildman–Crippen MR) is 95.3 cm³/mol. The van der Waals surface area contributed by atoms with Crippen LogP contribution in [0.25, 0.3) is 0 Å². The van der Waals surface area contributed by atoms with Gasteiger partial charge in [-0.3, -0.25) is 4.79 Å². The maximum atomic E-state index is 12.4. The van der Waals surface area contributed by atoms with Gasteiger partial charge in [0.15, 0.2) is 0 Å². The number of benzene rings is 2. The van der Waals surface area contributed by atoms with Crippen molar-refractivity contribution in [2.24, 2.45) is 0 Å². The molecule has 0 spiro atoms. The first kappa shape index (κ1) is 17.3. The number of hydrazine groups is 1. The Morgan fingerprint density at radius 2 is 1.60 bits per heavy atom. The second kappa shape index (κ2) is 8.00.